The maximum Gasteiger partial charge on any atom is 0.328 e. The third-order valence-electron chi connectivity index (χ3n) is 2.45. The van der Waals surface area contributed by atoms with E-state index < -0.39 is 5.54 Å². The summed E-state index contributed by atoms with van der Waals surface area (Å²) in [7, 11) is 0. The van der Waals surface area contributed by atoms with Crippen molar-refractivity contribution in [3.63, 3.8) is 0 Å². The molecule has 15 heavy (non-hydrogen) atoms. The van der Waals surface area contributed by atoms with Crippen molar-refractivity contribution in [1.82, 2.24) is 9.80 Å². The Bertz CT molecular complexity index is 297. The van der Waals surface area contributed by atoms with Crippen molar-refractivity contribution in [2.75, 3.05) is 6.54 Å². The monoisotopic (exact) mass is 212 g/mol. The first-order valence-corrected chi connectivity index (χ1v) is 5.20. The number of hydrogen-bond donors (Lipinski definition) is 0. The van der Waals surface area contributed by atoms with Crippen LogP contribution in [0.2, 0.25) is 0 Å². The summed E-state index contributed by atoms with van der Waals surface area (Å²) in [4.78, 5) is 26.7. The summed E-state index contributed by atoms with van der Waals surface area (Å²) in [5.74, 6) is -0.109. The third kappa shape index (κ3) is 2.13. The van der Waals surface area contributed by atoms with E-state index in [0.717, 1.165) is 0 Å². The first kappa shape index (κ1) is 12.0. The minimum Gasteiger partial charge on any atom is -0.310 e. The zero-order valence-corrected chi connectivity index (χ0v) is 10.4. The summed E-state index contributed by atoms with van der Waals surface area (Å²) in [6.07, 6.45) is 0. The summed E-state index contributed by atoms with van der Waals surface area (Å²) in [5.41, 5.74) is -0.735. The second-order valence-electron chi connectivity index (χ2n) is 5.94. The van der Waals surface area contributed by atoms with Gasteiger partial charge in [-0.15, -0.1) is 0 Å². The van der Waals surface area contributed by atoms with E-state index in [9.17, 15) is 9.59 Å². The Morgan fingerprint density at radius 3 is 1.60 bits per heavy atom. The van der Waals surface area contributed by atoms with Gasteiger partial charge in [0, 0.05) is 11.1 Å². The molecule has 1 fully saturated rings. The molecule has 1 aliphatic rings. The highest BCUT2D eigenvalue weighted by Crippen LogP contribution is 2.26. The van der Waals surface area contributed by atoms with Gasteiger partial charge in [0.25, 0.3) is 5.91 Å². The number of rotatable bonds is 0. The number of urea groups is 1. The van der Waals surface area contributed by atoms with E-state index in [2.05, 4.69) is 0 Å². The van der Waals surface area contributed by atoms with Crippen molar-refractivity contribution in [3.05, 3.63) is 0 Å². The summed E-state index contributed by atoms with van der Waals surface area (Å²) < 4.78 is 0. The van der Waals surface area contributed by atoms with Gasteiger partial charge in [0.1, 0.15) is 6.54 Å². The average Bonchev–Trinajstić information content (AvgIpc) is 2.22. The Hall–Kier alpha value is -1.06. The first-order valence-electron chi connectivity index (χ1n) is 5.20. The molecule has 3 amide bonds. The molecule has 0 atom stereocenters. The van der Waals surface area contributed by atoms with Crippen LogP contribution in [0.3, 0.4) is 0 Å². The molecule has 1 saturated heterocycles. The number of nitrogens with zero attached hydrogens (tertiary/aromatic N) is 2. The molecule has 0 spiro atoms. The van der Waals surface area contributed by atoms with Crippen molar-refractivity contribution in [1.29, 1.82) is 0 Å². The summed E-state index contributed by atoms with van der Waals surface area (Å²) in [5, 5.41) is 0. The fraction of sp³-hybridized carbons (Fsp3) is 0.818. The molecule has 86 valence electrons. The number of amides is 3. The molecule has 0 aromatic carbocycles. The highest BCUT2D eigenvalue weighted by Gasteiger charge is 2.45. The van der Waals surface area contributed by atoms with Gasteiger partial charge in [-0.2, -0.15) is 0 Å². The van der Waals surface area contributed by atoms with Crippen LogP contribution in [0.15, 0.2) is 0 Å². The number of imide groups is 1. The van der Waals surface area contributed by atoms with Crippen LogP contribution in [0.4, 0.5) is 4.79 Å². The van der Waals surface area contributed by atoms with E-state index in [-0.39, 0.29) is 24.0 Å². The molecule has 0 aromatic heterocycles. The second kappa shape index (κ2) is 3.22. The first-order chi connectivity index (χ1) is 6.55. The van der Waals surface area contributed by atoms with Gasteiger partial charge in [-0.25, -0.2) is 4.79 Å². The van der Waals surface area contributed by atoms with Crippen LogP contribution >= 0.6 is 0 Å². The maximum absolute atomic E-state index is 12.0. The van der Waals surface area contributed by atoms with E-state index in [1.165, 1.54) is 4.90 Å². The molecular formula is C11H20N2O2. The Labute approximate surface area is 91.2 Å². The van der Waals surface area contributed by atoms with E-state index >= 15 is 0 Å². The predicted octanol–water partition coefficient (Wildman–Crippen LogP) is 1.85. The fourth-order valence-electron chi connectivity index (χ4n) is 1.69. The smallest absolute Gasteiger partial charge is 0.310 e. The van der Waals surface area contributed by atoms with Crippen molar-refractivity contribution in [2.45, 2.75) is 52.6 Å². The van der Waals surface area contributed by atoms with Gasteiger partial charge in [-0.05, 0) is 41.5 Å². The van der Waals surface area contributed by atoms with Gasteiger partial charge in [-0.3, -0.25) is 9.69 Å². The van der Waals surface area contributed by atoms with E-state index in [1.807, 2.05) is 41.5 Å². The second-order valence-corrected chi connectivity index (χ2v) is 5.94. The predicted molar refractivity (Wildman–Crippen MR) is 58.5 cm³/mol. The molecule has 1 rings (SSSR count). The van der Waals surface area contributed by atoms with E-state index in [4.69, 9.17) is 0 Å². The lowest BCUT2D eigenvalue weighted by atomic mass is 10.1. The van der Waals surface area contributed by atoms with Crippen LogP contribution in [-0.2, 0) is 4.79 Å². The number of carbonyl (C=O) groups excluding carboxylic acids is 2. The van der Waals surface area contributed by atoms with Crippen LogP contribution in [0, 0.1) is 0 Å². The van der Waals surface area contributed by atoms with Crippen LogP contribution in [0.25, 0.3) is 0 Å². The molecule has 0 aliphatic carbocycles. The molecule has 1 heterocycles. The van der Waals surface area contributed by atoms with Gasteiger partial charge in [0.2, 0.25) is 0 Å². The molecule has 0 radical (unpaired) electrons. The molecule has 0 N–H and O–H groups in total. The highest BCUT2D eigenvalue weighted by atomic mass is 16.2. The quantitative estimate of drug-likeness (QED) is 0.575. The van der Waals surface area contributed by atoms with Gasteiger partial charge >= 0.3 is 6.03 Å². The Morgan fingerprint density at radius 1 is 0.933 bits per heavy atom. The highest BCUT2D eigenvalue weighted by molar-refractivity contribution is 6.03. The van der Waals surface area contributed by atoms with Crippen LogP contribution in [0.1, 0.15) is 41.5 Å². The minimum absolute atomic E-state index is 0.109. The molecular weight excluding hydrogens is 192 g/mol. The summed E-state index contributed by atoms with van der Waals surface area (Å²) in [6, 6.07) is -0.181. The standard InChI is InChI=1S/C11H20N2O2/c1-10(2,3)12-7-8(14)13(9(12)15)11(4,5)6/h7H2,1-6H3. The summed E-state index contributed by atoms with van der Waals surface area (Å²) in [6.45, 7) is 11.6. The lowest BCUT2D eigenvalue weighted by molar-refractivity contribution is -0.128. The molecule has 4 nitrogen and oxygen atoms in total. The fourth-order valence-corrected chi connectivity index (χ4v) is 1.69. The normalized spacial score (nSPS) is 19.1. The van der Waals surface area contributed by atoms with Crippen molar-refractivity contribution < 1.29 is 9.59 Å². The molecule has 0 saturated carbocycles. The topological polar surface area (TPSA) is 40.6 Å². The Morgan fingerprint density at radius 2 is 1.40 bits per heavy atom. The molecule has 0 aromatic rings. The Balaban J connectivity index is 3.00. The van der Waals surface area contributed by atoms with Gasteiger partial charge < -0.3 is 4.90 Å². The minimum atomic E-state index is -0.436. The number of hydrogen-bond acceptors (Lipinski definition) is 2. The van der Waals surface area contributed by atoms with Crippen molar-refractivity contribution in [3.8, 4) is 0 Å². The molecule has 0 bridgehead atoms. The SMILES string of the molecule is CC(C)(C)N1CC(=O)N(C(C)(C)C)C1=O. The Kier molecular flexibility index (Phi) is 2.58. The third-order valence-corrected chi connectivity index (χ3v) is 2.45. The molecule has 0 unspecified atom stereocenters. The van der Waals surface area contributed by atoms with Gasteiger partial charge in [-0.1, -0.05) is 0 Å². The average molecular weight is 212 g/mol. The van der Waals surface area contributed by atoms with Crippen LogP contribution < -0.4 is 0 Å². The largest absolute Gasteiger partial charge is 0.328 e. The molecule has 1 aliphatic heterocycles. The van der Waals surface area contributed by atoms with Crippen molar-refractivity contribution >= 4 is 11.9 Å². The lowest BCUT2D eigenvalue weighted by Gasteiger charge is -2.34. The molecule has 4 heteroatoms. The van der Waals surface area contributed by atoms with E-state index in [0.29, 0.717) is 0 Å². The lowest BCUT2D eigenvalue weighted by Crippen LogP contribution is -2.49. The van der Waals surface area contributed by atoms with Crippen LogP contribution in [-0.4, -0.2) is 39.4 Å². The zero-order valence-electron chi connectivity index (χ0n) is 10.4. The zero-order chi connectivity index (χ0) is 12.0. The number of carbonyl (C=O) groups is 2. The van der Waals surface area contributed by atoms with E-state index in [1.54, 1.807) is 4.90 Å². The summed E-state index contributed by atoms with van der Waals surface area (Å²) >= 11 is 0. The van der Waals surface area contributed by atoms with Gasteiger partial charge in [0.15, 0.2) is 0 Å². The van der Waals surface area contributed by atoms with Gasteiger partial charge in [0.05, 0.1) is 0 Å². The maximum atomic E-state index is 12.0. The van der Waals surface area contributed by atoms with Crippen molar-refractivity contribution in [2.24, 2.45) is 0 Å². The van der Waals surface area contributed by atoms with Crippen LogP contribution in [0.5, 0.6) is 0 Å².